The summed E-state index contributed by atoms with van der Waals surface area (Å²) in [5.41, 5.74) is 2.49. The van der Waals surface area contributed by atoms with Gasteiger partial charge < -0.3 is 10.1 Å². The Bertz CT molecular complexity index is 581. The topological polar surface area (TPSA) is 70.2 Å². The molecule has 0 bridgehead atoms. The molecule has 0 aliphatic carbocycles. The number of Topliss-reactive ketones (excluding diaryl/α,β-unsaturated/α-hetero) is 1. The van der Waals surface area contributed by atoms with E-state index in [9.17, 15) is 9.59 Å². The molecule has 0 saturated carbocycles. The van der Waals surface area contributed by atoms with Crippen LogP contribution in [0.25, 0.3) is 0 Å². The number of aromatic carboxylic acids is 1. The van der Waals surface area contributed by atoms with Crippen LogP contribution in [0.3, 0.4) is 0 Å². The molecule has 0 amide bonds. The van der Waals surface area contributed by atoms with Gasteiger partial charge in [-0.3, -0.25) is 4.79 Å². The first kappa shape index (κ1) is 12.1. The van der Waals surface area contributed by atoms with E-state index in [1.807, 2.05) is 31.2 Å². The maximum absolute atomic E-state index is 11.9. The van der Waals surface area contributed by atoms with Gasteiger partial charge in [-0.05, 0) is 18.6 Å². The van der Waals surface area contributed by atoms with Gasteiger partial charge in [-0.2, -0.15) is 0 Å². The van der Waals surface area contributed by atoms with E-state index in [1.54, 1.807) is 0 Å². The van der Waals surface area contributed by atoms with Gasteiger partial charge in [0.25, 0.3) is 0 Å². The molecule has 0 atom stereocenters. The average molecular weight is 243 g/mol. The SMILES string of the molecule is Cc1ccc(CC(=O)c2c[nH]c(C(=O)O)c2)cc1. The van der Waals surface area contributed by atoms with E-state index in [0.29, 0.717) is 5.56 Å². The summed E-state index contributed by atoms with van der Waals surface area (Å²) in [4.78, 5) is 25.2. The lowest BCUT2D eigenvalue weighted by Crippen LogP contribution is -2.02. The molecule has 2 aromatic rings. The van der Waals surface area contributed by atoms with E-state index in [4.69, 9.17) is 5.11 Å². The number of carbonyl (C=O) groups excluding carboxylic acids is 1. The Kier molecular flexibility index (Phi) is 3.28. The molecule has 18 heavy (non-hydrogen) atoms. The summed E-state index contributed by atoms with van der Waals surface area (Å²) in [6.45, 7) is 1.98. The summed E-state index contributed by atoms with van der Waals surface area (Å²) in [5, 5.41) is 8.76. The van der Waals surface area contributed by atoms with Gasteiger partial charge in [-0.25, -0.2) is 4.79 Å². The van der Waals surface area contributed by atoms with Crippen molar-refractivity contribution in [3.8, 4) is 0 Å². The monoisotopic (exact) mass is 243 g/mol. The largest absolute Gasteiger partial charge is 0.477 e. The first-order valence-electron chi connectivity index (χ1n) is 5.57. The minimum atomic E-state index is -1.07. The second-order valence-electron chi connectivity index (χ2n) is 4.19. The van der Waals surface area contributed by atoms with Crippen LogP contribution in [0.2, 0.25) is 0 Å². The van der Waals surface area contributed by atoms with Gasteiger partial charge in [0.05, 0.1) is 0 Å². The summed E-state index contributed by atoms with van der Waals surface area (Å²) in [5.74, 6) is -1.16. The van der Waals surface area contributed by atoms with E-state index in [2.05, 4.69) is 4.98 Å². The molecule has 0 fully saturated rings. The third-order valence-electron chi connectivity index (χ3n) is 2.72. The van der Waals surface area contributed by atoms with Crippen molar-refractivity contribution in [2.45, 2.75) is 13.3 Å². The number of hydrogen-bond acceptors (Lipinski definition) is 2. The van der Waals surface area contributed by atoms with E-state index in [1.165, 1.54) is 12.3 Å². The normalized spacial score (nSPS) is 10.3. The molecule has 4 nitrogen and oxygen atoms in total. The van der Waals surface area contributed by atoms with Gasteiger partial charge in [0.15, 0.2) is 5.78 Å². The Morgan fingerprint density at radius 2 is 1.89 bits per heavy atom. The molecule has 0 aliphatic rings. The predicted octanol–water partition coefficient (Wildman–Crippen LogP) is 2.45. The summed E-state index contributed by atoms with van der Waals surface area (Å²) in [7, 11) is 0. The summed E-state index contributed by atoms with van der Waals surface area (Å²) in [6.07, 6.45) is 1.71. The number of carbonyl (C=O) groups is 2. The van der Waals surface area contributed by atoms with Gasteiger partial charge in [-0.1, -0.05) is 29.8 Å². The lowest BCUT2D eigenvalue weighted by atomic mass is 10.0. The fourth-order valence-corrected chi connectivity index (χ4v) is 1.67. The highest BCUT2D eigenvalue weighted by molar-refractivity contribution is 5.99. The maximum Gasteiger partial charge on any atom is 0.352 e. The number of aromatic amines is 1. The van der Waals surface area contributed by atoms with Gasteiger partial charge >= 0.3 is 5.97 Å². The number of H-pyrrole nitrogens is 1. The smallest absolute Gasteiger partial charge is 0.352 e. The van der Waals surface area contributed by atoms with Crippen LogP contribution in [-0.4, -0.2) is 21.8 Å². The van der Waals surface area contributed by atoms with Crippen molar-refractivity contribution in [2.75, 3.05) is 0 Å². The van der Waals surface area contributed by atoms with Crippen molar-refractivity contribution < 1.29 is 14.7 Å². The number of hydrogen-bond donors (Lipinski definition) is 2. The Labute approximate surface area is 104 Å². The molecule has 1 heterocycles. The Balaban J connectivity index is 2.11. The molecule has 1 aromatic carbocycles. The van der Waals surface area contributed by atoms with E-state index < -0.39 is 5.97 Å². The number of benzene rings is 1. The van der Waals surface area contributed by atoms with Gasteiger partial charge in [-0.15, -0.1) is 0 Å². The molecule has 2 N–H and O–H groups in total. The highest BCUT2D eigenvalue weighted by Crippen LogP contribution is 2.10. The molecule has 92 valence electrons. The number of nitrogens with one attached hydrogen (secondary N) is 1. The van der Waals surface area contributed by atoms with Gasteiger partial charge in [0.2, 0.25) is 0 Å². The van der Waals surface area contributed by atoms with Crippen LogP contribution in [0.15, 0.2) is 36.5 Å². The van der Waals surface area contributed by atoms with Crippen LogP contribution < -0.4 is 0 Å². The number of carboxylic acids is 1. The van der Waals surface area contributed by atoms with Crippen molar-refractivity contribution in [1.82, 2.24) is 4.98 Å². The molecular formula is C14H13NO3. The van der Waals surface area contributed by atoms with E-state index in [0.717, 1.165) is 11.1 Å². The third kappa shape index (κ3) is 2.66. The predicted molar refractivity (Wildman–Crippen MR) is 67.0 cm³/mol. The van der Waals surface area contributed by atoms with Crippen LogP contribution in [0.1, 0.15) is 32.0 Å². The zero-order valence-corrected chi connectivity index (χ0v) is 9.93. The lowest BCUT2D eigenvalue weighted by molar-refractivity contribution is 0.0691. The zero-order valence-electron chi connectivity index (χ0n) is 9.93. The number of aryl methyl sites for hydroxylation is 1. The van der Waals surface area contributed by atoms with Crippen LogP contribution in [-0.2, 0) is 6.42 Å². The second-order valence-corrected chi connectivity index (χ2v) is 4.19. The van der Waals surface area contributed by atoms with E-state index in [-0.39, 0.29) is 17.9 Å². The van der Waals surface area contributed by atoms with Gasteiger partial charge in [0.1, 0.15) is 5.69 Å². The fourth-order valence-electron chi connectivity index (χ4n) is 1.67. The molecule has 0 aliphatic heterocycles. The molecular weight excluding hydrogens is 230 g/mol. The Morgan fingerprint density at radius 3 is 2.44 bits per heavy atom. The molecule has 0 spiro atoms. The third-order valence-corrected chi connectivity index (χ3v) is 2.72. The standard InChI is InChI=1S/C14H13NO3/c1-9-2-4-10(5-3-9)6-13(16)11-7-12(14(17)18)15-8-11/h2-5,7-8,15H,6H2,1H3,(H,17,18). The molecule has 0 saturated heterocycles. The zero-order chi connectivity index (χ0) is 13.1. The summed E-state index contributed by atoms with van der Waals surface area (Å²) in [6, 6.07) is 9.06. The number of carboxylic acid groups (broad SMARTS) is 1. The van der Waals surface area contributed by atoms with Crippen LogP contribution in [0.5, 0.6) is 0 Å². The van der Waals surface area contributed by atoms with Crippen LogP contribution >= 0.6 is 0 Å². The molecule has 4 heteroatoms. The second kappa shape index (κ2) is 4.87. The highest BCUT2D eigenvalue weighted by Gasteiger charge is 2.12. The van der Waals surface area contributed by atoms with Crippen molar-refractivity contribution in [1.29, 1.82) is 0 Å². The maximum atomic E-state index is 11.9. The Hall–Kier alpha value is -2.36. The summed E-state index contributed by atoms with van der Waals surface area (Å²) >= 11 is 0. The van der Waals surface area contributed by atoms with Gasteiger partial charge in [0, 0.05) is 18.2 Å². The Morgan fingerprint density at radius 1 is 1.22 bits per heavy atom. The number of aromatic nitrogens is 1. The first-order valence-corrected chi connectivity index (χ1v) is 5.57. The lowest BCUT2D eigenvalue weighted by Gasteiger charge is -1.99. The van der Waals surface area contributed by atoms with Crippen LogP contribution in [0.4, 0.5) is 0 Å². The number of rotatable bonds is 4. The van der Waals surface area contributed by atoms with Crippen molar-refractivity contribution in [2.24, 2.45) is 0 Å². The molecule has 1 aromatic heterocycles. The van der Waals surface area contributed by atoms with Crippen molar-refractivity contribution in [3.05, 3.63) is 58.9 Å². The van der Waals surface area contributed by atoms with Crippen LogP contribution in [0, 0.1) is 6.92 Å². The average Bonchev–Trinajstić information content (AvgIpc) is 2.81. The minimum Gasteiger partial charge on any atom is -0.477 e. The van der Waals surface area contributed by atoms with E-state index >= 15 is 0 Å². The highest BCUT2D eigenvalue weighted by atomic mass is 16.4. The molecule has 2 rings (SSSR count). The number of ketones is 1. The minimum absolute atomic E-state index is 0.0299. The summed E-state index contributed by atoms with van der Waals surface area (Å²) < 4.78 is 0. The van der Waals surface area contributed by atoms with Crippen molar-refractivity contribution in [3.63, 3.8) is 0 Å². The fraction of sp³-hybridized carbons (Fsp3) is 0.143. The molecule has 0 radical (unpaired) electrons. The van der Waals surface area contributed by atoms with Crippen molar-refractivity contribution >= 4 is 11.8 Å². The quantitative estimate of drug-likeness (QED) is 0.810. The molecule has 0 unspecified atom stereocenters. The first-order chi connectivity index (χ1) is 8.56.